The molecule has 0 spiro atoms. The van der Waals surface area contributed by atoms with Gasteiger partial charge in [0.25, 0.3) is 0 Å². The molecule has 118 valence electrons. The van der Waals surface area contributed by atoms with Gasteiger partial charge in [-0.05, 0) is 35.9 Å². The van der Waals surface area contributed by atoms with Gasteiger partial charge in [0, 0.05) is 47.8 Å². The Morgan fingerprint density at radius 3 is 2.38 bits per heavy atom. The van der Waals surface area contributed by atoms with Crippen LogP contribution in [0.3, 0.4) is 0 Å². The van der Waals surface area contributed by atoms with Crippen LogP contribution < -0.4 is 4.90 Å². The molecule has 0 aliphatic carbocycles. The van der Waals surface area contributed by atoms with Crippen molar-refractivity contribution in [3.8, 4) is 0 Å². The zero-order chi connectivity index (χ0) is 16.5. The van der Waals surface area contributed by atoms with Crippen LogP contribution in [0.25, 0.3) is 21.8 Å². The third kappa shape index (κ3) is 2.65. The molecule has 3 nitrogen and oxygen atoms in total. The van der Waals surface area contributed by atoms with E-state index in [1.54, 1.807) is 0 Å². The van der Waals surface area contributed by atoms with Crippen molar-refractivity contribution in [2.24, 2.45) is 4.99 Å². The van der Waals surface area contributed by atoms with Crippen LogP contribution in [0.15, 0.2) is 71.7 Å². The van der Waals surface area contributed by atoms with Gasteiger partial charge in [-0.25, -0.2) is 0 Å². The molecule has 1 heterocycles. The highest BCUT2D eigenvalue weighted by Crippen LogP contribution is 2.28. The zero-order valence-corrected chi connectivity index (χ0v) is 13.8. The summed E-state index contributed by atoms with van der Waals surface area (Å²) >= 11 is 0. The highest BCUT2D eigenvalue weighted by molar-refractivity contribution is 6.07. The lowest BCUT2D eigenvalue weighted by Crippen LogP contribution is -2.08. The number of aliphatic imine (C=N–C) groups is 1. The number of nitrogens with one attached hydrogen (secondary N) is 1. The van der Waals surface area contributed by atoms with Crippen LogP contribution in [0.1, 0.15) is 5.56 Å². The normalized spacial score (nSPS) is 11.6. The average molecular weight is 313 g/mol. The van der Waals surface area contributed by atoms with Gasteiger partial charge in [0.2, 0.25) is 0 Å². The molecule has 4 rings (SSSR count). The van der Waals surface area contributed by atoms with Crippen LogP contribution in [0, 0.1) is 0 Å². The summed E-state index contributed by atoms with van der Waals surface area (Å²) in [5.74, 6) is 0. The first-order valence-corrected chi connectivity index (χ1v) is 8.03. The fourth-order valence-corrected chi connectivity index (χ4v) is 2.93. The van der Waals surface area contributed by atoms with Gasteiger partial charge in [-0.3, -0.25) is 4.99 Å². The van der Waals surface area contributed by atoms with Crippen LogP contribution in [-0.2, 0) is 0 Å². The molecule has 0 aliphatic rings. The van der Waals surface area contributed by atoms with Gasteiger partial charge in [0.05, 0.1) is 5.69 Å². The van der Waals surface area contributed by atoms with E-state index in [0.717, 1.165) is 22.3 Å². The van der Waals surface area contributed by atoms with Crippen LogP contribution in [0.5, 0.6) is 0 Å². The quantitative estimate of drug-likeness (QED) is 0.522. The molecular formula is C21H19N3. The topological polar surface area (TPSA) is 31.4 Å². The number of H-pyrrole nitrogens is 1. The monoisotopic (exact) mass is 313 g/mol. The lowest BCUT2D eigenvalue weighted by Gasteiger charge is -2.11. The lowest BCUT2D eigenvalue weighted by molar-refractivity contribution is 1.13. The standard InChI is InChI=1S/C21H19N3/c1-24(2)17-10-7-15(8-11-17)14-22-16-9-12-19-18-5-3-4-6-20(18)23-21(19)13-16/h3-14,23H,1-2H3. The van der Waals surface area contributed by atoms with E-state index in [-0.39, 0.29) is 0 Å². The number of hydrogen-bond acceptors (Lipinski definition) is 2. The second kappa shape index (κ2) is 5.85. The smallest absolute Gasteiger partial charge is 0.0650 e. The minimum absolute atomic E-state index is 0.950. The molecule has 1 N–H and O–H groups in total. The number of rotatable bonds is 3. The number of aromatic amines is 1. The predicted octanol–water partition coefficient (Wildman–Crippen LogP) is 5.14. The lowest BCUT2D eigenvalue weighted by atomic mass is 10.1. The molecule has 1 aromatic heterocycles. The molecule has 0 bridgehead atoms. The average Bonchev–Trinajstić information content (AvgIpc) is 2.98. The maximum Gasteiger partial charge on any atom is 0.0650 e. The molecule has 0 aliphatic heterocycles. The van der Waals surface area contributed by atoms with E-state index in [2.05, 4.69) is 75.5 Å². The number of hydrogen-bond donors (Lipinski definition) is 1. The molecule has 24 heavy (non-hydrogen) atoms. The summed E-state index contributed by atoms with van der Waals surface area (Å²) in [4.78, 5) is 10.2. The van der Waals surface area contributed by atoms with Crippen LogP contribution in [0.4, 0.5) is 11.4 Å². The maximum absolute atomic E-state index is 4.61. The van der Waals surface area contributed by atoms with E-state index < -0.39 is 0 Å². The summed E-state index contributed by atoms with van der Waals surface area (Å²) in [6, 6.07) is 23.0. The molecule has 0 fully saturated rings. The van der Waals surface area contributed by atoms with Crippen molar-refractivity contribution in [1.82, 2.24) is 4.98 Å². The molecular weight excluding hydrogens is 294 g/mol. The summed E-state index contributed by atoms with van der Waals surface area (Å²) in [7, 11) is 4.08. The Labute approximate surface area is 141 Å². The van der Waals surface area contributed by atoms with Crippen molar-refractivity contribution in [2.45, 2.75) is 0 Å². The van der Waals surface area contributed by atoms with Crippen molar-refractivity contribution in [3.05, 3.63) is 72.3 Å². The van der Waals surface area contributed by atoms with E-state index in [1.807, 2.05) is 26.4 Å². The van der Waals surface area contributed by atoms with Crippen molar-refractivity contribution in [3.63, 3.8) is 0 Å². The van der Waals surface area contributed by atoms with Crippen molar-refractivity contribution < 1.29 is 0 Å². The van der Waals surface area contributed by atoms with Gasteiger partial charge in [0.1, 0.15) is 0 Å². The van der Waals surface area contributed by atoms with E-state index in [1.165, 1.54) is 16.5 Å². The highest BCUT2D eigenvalue weighted by Gasteiger charge is 2.03. The van der Waals surface area contributed by atoms with E-state index in [0.29, 0.717) is 0 Å². The van der Waals surface area contributed by atoms with Crippen molar-refractivity contribution in [1.29, 1.82) is 0 Å². The van der Waals surface area contributed by atoms with E-state index in [4.69, 9.17) is 0 Å². The maximum atomic E-state index is 4.61. The molecule has 0 unspecified atom stereocenters. The molecule has 0 saturated carbocycles. The summed E-state index contributed by atoms with van der Waals surface area (Å²) in [5.41, 5.74) is 5.51. The van der Waals surface area contributed by atoms with Crippen LogP contribution in [-0.4, -0.2) is 25.3 Å². The SMILES string of the molecule is CN(C)c1ccc(C=Nc2ccc3c(c2)[nH]c2ccccc23)cc1. The van der Waals surface area contributed by atoms with Gasteiger partial charge in [-0.1, -0.05) is 36.4 Å². The first-order chi connectivity index (χ1) is 11.7. The minimum Gasteiger partial charge on any atom is -0.378 e. The molecule has 0 saturated heterocycles. The van der Waals surface area contributed by atoms with Gasteiger partial charge < -0.3 is 9.88 Å². The Hall–Kier alpha value is -3.07. The van der Waals surface area contributed by atoms with E-state index >= 15 is 0 Å². The van der Waals surface area contributed by atoms with Crippen molar-refractivity contribution in [2.75, 3.05) is 19.0 Å². The van der Waals surface area contributed by atoms with Crippen molar-refractivity contribution >= 4 is 39.4 Å². The first kappa shape index (κ1) is 14.5. The Morgan fingerprint density at radius 2 is 1.58 bits per heavy atom. The van der Waals surface area contributed by atoms with Crippen LogP contribution >= 0.6 is 0 Å². The number of anilines is 1. The first-order valence-electron chi connectivity index (χ1n) is 8.03. The van der Waals surface area contributed by atoms with Gasteiger partial charge in [-0.2, -0.15) is 0 Å². The Bertz CT molecular complexity index is 1020. The minimum atomic E-state index is 0.950. The fraction of sp³-hybridized carbons (Fsp3) is 0.0952. The largest absolute Gasteiger partial charge is 0.378 e. The molecule has 3 aromatic carbocycles. The number of nitrogens with zero attached hydrogens (tertiary/aromatic N) is 2. The second-order valence-electron chi connectivity index (χ2n) is 6.14. The molecule has 0 atom stereocenters. The number of aromatic nitrogens is 1. The summed E-state index contributed by atoms with van der Waals surface area (Å²) in [6.45, 7) is 0. The van der Waals surface area contributed by atoms with Crippen LogP contribution in [0.2, 0.25) is 0 Å². The Kier molecular flexibility index (Phi) is 3.54. The van der Waals surface area contributed by atoms with E-state index in [9.17, 15) is 0 Å². The summed E-state index contributed by atoms with van der Waals surface area (Å²) < 4.78 is 0. The highest BCUT2D eigenvalue weighted by atomic mass is 15.1. The van der Waals surface area contributed by atoms with Gasteiger partial charge in [0.15, 0.2) is 0 Å². The third-order valence-electron chi connectivity index (χ3n) is 4.26. The molecule has 3 heteroatoms. The molecule has 0 radical (unpaired) electrons. The predicted molar refractivity (Wildman–Crippen MR) is 104 cm³/mol. The van der Waals surface area contributed by atoms with Gasteiger partial charge in [-0.15, -0.1) is 0 Å². The number of fused-ring (bicyclic) bond motifs is 3. The Morgan fingerprint density at radius 1 is 0.833 bits per heavy atom. The number of para-hydroxylation sites is 1. The second-order valence-corrected chi connectivity index (χ2v) is 6.14. The third-order valence-corrected chi connectivity index (χ3v) is 4.26. The zero-order valence-electron chi connectivity index (χ0n) is 13.8. The summed E-state index contributed by atoms with van der Waals surface area (Å²) in [5, 5.41) is 2.49. The Balaban J connectivity index is 1.65. The van der Waals surface area contributed by atoms with Gasteiger partial charge >= 0.3 is 0 Å². The number of benzene rings is 3. The summed E-state index contributed by atoms with van der Waals surface area (Å²) in [6.07, 6.45) is 1.91. The fourth-order valence-electron chi connectivity index (χ4n) is 2.93. The molecule has 0 amide bonds. The molecule has 4 aromatic rings.